The summed E-state index contributed by atoms with van der Waals surface area (Å²) >= 11 is 11.9. The van der Waals surface area contributed by atoms with Gasteiger partial charge in [-0.15, -0.1) is 11.6 Å². The summed E-state index contributed by atoms with van der Waals surface area (Å²) in [5.41, 5.74) is 1.49. The number of nitrogens with zero attached hydrogens (tertiary/aromatic N) is 2. The second kappa shape index (κ2) is 7.03. The highest BCUT2D eigenvalue weighted by Crippen LogP contribution is 2.38. The van der Waals surface area contributed by atoms with E-state index in [1.165, 1.54) is 0 Å². The number of nitrogens with one attached hydrogen (secondary N) is 1. The van der Waals surface area contributed by atoms with E-state index in [0.29, 0.717) is 27.1 Å². The van der Waals surface area contributed by atoms with E-state index >= 15 is 0 Å². The number of aromatic hydroxyl groups is 1. The SMILES string of the molecule is O=C(CCl)NC(c1cccnc1)c1cc(Cl)c2cccnc2c1O. The summed E-state index contributed by atoms with van der Waals surface area (Å²) in [6, 6.07) is 8.02. The first-order valence-electron chi connectivity index (χ1n) is 7.13. The number of halogens is 2. The van der Waals surface area contributed by atoms with Crippen molar-refractivity contribution >= 4 is 40.0 Å². The maximum Gasteiger partial charge on any atom is 0.235 e. The van der Waals surface area contributed by atoms with Crippen LogP contribution >= 0.6 is 23.2 Å². The molecule has 1 unspecified atom stereocenters. The molecule has 0 saturated carbocycles. The van der Waals surface area contributed by atoms with E-state index in [-0.39, 0.29) is 17.5 Å². The average molecular weight is 362 g/mol. The summed E-state index contributed by atoms with van der Waals surface area (Å²) in [6.45, 7) is 0. The lowest BCUT2D eigenvalue weighted by atomic mass is 9.97. The van der Waals surface area contributed by atoms with Crippen LogP contribution in [0.25, 0.3) is 10.9 Å². The Kier molecular flexibility index (Phi) is 4.83. The Morgan fingerprint density at radius 1 is 1.29 bits per heavy atom. The van der Waals surface area contributed by atoms with Gasteiger partial charge < -0.3 is 10.4 Å². The molecule has 0 aliphatic heterocycles. The number of phenols is 1. The van der Waals surface area contributed by atoms with Crippen molar-refractivity contribution in [1.29, 1.82) is 0 Å². The number of alkyl halides is 1. The van der Waals surface area contributed by atoms with E-state index in [1.54, 1.807) is 48.9 Å². The van der Waals surface area contributed by atoms with E-state index < -0.39 is 6.04 Å². The van der Waals surface area contributed by atoms with Gasteiger partial charge in [0.15, 0.2) is 0 Å². The van der Waals surface area contributed by atoms with Crippen LogP contribution in [0.4, 0.5) is 0 Å². The lowest BCUT2D eigenvalue weighted by Crippen LogP contribution is -2.30. The Balaban J connectivity index is 2.19. The minimum atomic E-state index is -0.645. The predicted molar refractivity (Wildman–Crippen MR) is 93.4 cm³/mol. The number of phenolic OH excluding ortho intramolecular Hbond substituents is 1. The van der Waals surface area contributed by atoms with Crippen LogP contribution in [-0.2, 0) is 4.79 Å². The maximum absolute atomic E-state index is 11.8. The maximum atomic E-state index is 11.8. The molecule has 0 aliphatic rings. The number of hydrogen-bond donors (Lipinski definition) is 2. The minimum Gasteiger partial charge on any atom is -0.505 e. The van der Waals surface area contributed by atoms with Gasteiger partial charge >= 0.3 is 0 Å². The second-order valence-electron chi connectivity index (χ2n) is 5.12. The van der Waals surface area contributed by atoms with Crippen LogP contribution in [0, 0.1) is 0 Å². The second-order valence-corrected chi connectivity index (χ2v) is 5.79. The Bertz CT molecular complexity index is 888. The molecule has 24 heavy (non-hydrogen) atoms. The molecular formula is C17H13Cl2N3O2. The van der Waals surface area contributed by atoms with Gasteiger partial charge in [-0.2, -0.15) is 0 Å². The fraction of sp³-hybridized carbons (Fsp3) is 0.118. The van der Waals surface area contributed by atoms with Crippen molar-refractivity contribution in [3.8, 4) is 5.75 Å². The van der Waals surface area contributed by atoms with E-state index in [1.807, 2.05) is 0 Å². The summed E-state index contributed by atoms with van der Waals surface area (Å²) in [6.07, 6.45) is 4.80. The van der Waals surface area contributed by atoms with Crippen LogP contribution < -0.4 is 5.32 Å². The van der Waals surface area contributed by atoms with Gasteiger partial charge in [-0.3, -0.25) is 14.8 Å². The number of hydrogen-bond acceptors (Lipinski definition) is 4. The number of rotatable bonds is 4. The molecule has 2 aromatic heterocycles. The topological polar surface area (TPSA) is 75.1 Å². The predicted octanol–water partition coefficient (Wildman–Crippen LogP) is 3.43. The molecule has 1 atom stereocenters. The summed E-state index contributed by atoms with van der Waals surface area (Å²) in [4.78, 5) is 20.1. The van der Waals surface area contributed by atoms with E-state index in [0.717, 1.165) is 0 Å². The van der Waals surface area contributed by atoms with Crippen LogP contribution in [0.3, 0.4) is 0 Å². The number of fused-ring (bicyclic) bond motifs is 1. The van der Waals surface area contributed by atoms with Gasteiger partial charge in [-0.25, -0.2) is 0 Å². The zero-order valence-electron chi connectivity index (χ0n) is 12.4. The molecule has 3 rings (SSSR count). The molecule has 3 aromatic rings. The zero-order chi connectivity index (χ0) is 17.1. The van der Waals surface area contributed by atoms with Crippen molar-refractivity contribution in [1.82, 2.24) is 15.3 Å². The largest absolute Gasteiger partial charge is 0.505 e. The third-order valence-corrected chi connectivity index (χ3v) is 4.16. The van der Waals surface area contributed by atoms with Crippen molar-refractivity contribution in [2.75, 3.05) is 5.88 Å². The standard InChI is InChI=1S/C17H13Cl2N3O2/c18-8-14(23)22-15(10-3-1-5-20-9-10)12-7-13(19)11-4-2-6-21-16(11)17(12)24/h1-7,9,15,24H,8H2,(H,22,23). The van der Waals surface area contributed by atoms with Gasteiger partial charge in [0, 0.05) is 29.5 Å². The molecule has 0 radical (unpaired) electrons. The Hall–Kier alpha value is -2.37. The van der Waals surface area contributed by atoms with Crippen LogP contribution in [0.2, 0.25) is 5.02 Å². The molecule has 5 nitrogen and oxygen atoms in total. The fourth-order valence-electron chi connectivity index (χ4n) is 2.51. The number of pyridine rings is 2. The van der Waals surface area contributed by atoms with E-state index in [9.17, 15) is 9.90 Å². The van der Waals surface area contributed by atoms with Crippen LogP contribution in [0.1, 0.15) is 17.2 Å². The van der Waals surface area contributed by atoms with Crippen molar-refractivity contribution in [3.63, 3.8) is 0 Å². The highest BCUT2D eigenvalue weighted by atomic mass is 35.5. The molecule has 2 heterocycles. The molecule has 2 N–H and O–H groups in total. The molecule has 0 bridgehead atoms. The third kappa shape index (κ3) is 3.13. The number of benzene rings is 1. The van der Waals surface area contributed by atoms with Crippen LogP contribution in [-0.4, -0.2) is 26.9 Å². The Morgan fingerprint density at radius 2 is 2.08 bits per heavy atom. The first kappa shape index (κ1) is 16.5. The normalized spacial score (nSPS) is 12.1. The molecule has 1 aromatic carbocycles. The monoisotopic (exact) mass is 361 g/mol. The van der Waals surface area contributed by atoms with Gasteiger partial charge in [-0.05, 0) is 29.8 Å². The molecule has 1 amide bonds. The highest BCUT2D eigenvalue weighted by Gasteiger charge is 2.23. The average Bonchev–Trinajstić information content (AvgIpc) is 2.63. The van der Waals surface area contributed by atoms with Crippen molar-refractivity contribution in [2.45, 2.75) is 6.04 Å². The zero-order valence-corrected chi connectivity index (χ0v) is 13.9. The number of amides is 1. The van der Waals surface area contributed by atoms with Crippen LogP contribution in [0.5, 0.6) is 5.75 Å². The van der Waals surface area contributed by atoms with Crippen molar-refractivity contribution in [3.05, 3.63) is 65.1 Å². The number of aromatic nitrogens is 2. The Morgan fingerprint density at radius 3 is 2.79 bits per heavy atom. The van der Waals surface area contributed by atoms with Crippen LogP contribution in [0.15, 0.2) is 48.9 Å². The molecule has 7 heteroatoms. The van der Waals surface area contributed by atoms with E-state index in [4.69, 9.17) is 23.2 Å². The van der Waals surface area contributed by atoms with Gasteiger partial charge in [0.1, 0.15) is 17.1 Å². The third-order valence-electron chi connectivity index (χ3n) is 3.60. The molecule has 0 saturated heterocycles. The quantitative estimate of drug-likeness (QED) is 0.698. The van der Waals surface area contributed by atoms with Crippen molar-refractivity contribution < 1.29 is 9.90 Å². The molecular weight excluding hydrogens is 349 g/mol. The summed E-state index contributed by atoms with van der Waals surface area (Å²) in [5, 5.41) is 14.5. The minimum absolute atomic E-state index is 0.0428. The molecule has 0 fully saturated rings. The fourth-order valence-corrected chi connectivity index (χ4v) is 2.86. The summed E-state index contributed by atoms with van der Waals surface area (Å²) in [5.74, 6) is -0.613. The summed E-state index contributed by atoms with van der Waals surface area (Å²) < 4.78 is 0. The van der Waals surface area contributed by atoms with Gasteiger partial charge in [0.05, 0.1) is 11.1 Å². The number of carbonyl (C=O) groups excluding carboxylic acids is 1. The Labute approximate surface area is 148 Å². The van der Waals surface area contributed by atoms with Gasteiger partial charge in [0.25, 0.3) is 0 Å². The smallest absolute Gasteiger partial charge is 0.235 e. The first-order chi connectivity index (χ1) is 11.6. The molecule has 0 aliphatic carbocycles. The lowest BCUT2D eigenvalue weighted by molar-refractivity contribution is -0.119. The van der Waals surface area contributed by atoms with Gasteiger partial charge in [-0.1, -0.05) is 17.7 Å². The first-order valence-corrected chi connectivity index (χ1v) is 8.04. The summed E-state index contributed by atoms with van der Waals surface area (Å²) in [7, 11) is 0. The van der Waals surface area contributed by atoms with Crippen molar-refractivity contribution in [2.24, 2.45) is 0 Å². The molecule has 0 spiro atoms. The van der Waals surface area contributed by atoms with E-state index in [2.05, 4.69) is 15.3 Å². The molecule has 122 valence electrons. The lowest BCUT2D eigenvalue weighted by Gasteiger charge is -2.21. The van der Waals surface area contributed by atoms with Gasteiger partial charge in [0.2, 0.25) is 5.91 Å². The highest BCUT2D eigenvalue weighted by molar-refractivity contribution is 6.35. The number of carbonyl (C=O) groups is 1.